The van der Waals surface area contributed by atoms with Crippen LogP contribution in [0, 0.1) is 0 Å². The van der Waals surface area contributed by atoms with Crippen molar-refractivity contribution < 1.29 is 55.9 Å². The Bertz CT molecular complexity index is 2090. The molecule has 4 aromatic rings. The minimum absolute atomic E-state index is 0.0315. The molecule has 0 spiro atoms. The second-order valence-electron chi connectivity index (χ2n) is 15.0. The predicted molar refractivity (Wildman–Crippen MR) is 240 cm³/mol. The van der Waals surface area contributed by atoms with E-state index in [1.54, 1.807) is 24.1 Å². The van der Waals surface area contributed by atoms with E-state index in [0.29, 0.717) is 107 Å². The van der Waals surface area contributed by atoms with Gasteiger partial charge in [0.15, 0.2) is 5.69 Å². The number of benzene rings is 1. The van der Waals surface area contributed by atoms with Crippen molar-refractivity contribution in [2.24, 2.45) is 5.73 Å². The van der Waals surface area contributed by atoms with Gasteiger partial charge in [-0.3, -0.25) is 4.79 Å². The quantitative estimate of drug-likeness (QED) is 0.0630. The molecule has 3 aromatic heterocycles. The number of nitrogens with zero attached hydrogens (tertiary/aromatic N) is 6. The van der Waals surface area contributed by atoms with E-state index in [4.69, 9.17) is 43.9 Å². The number of ether oxygens (including phenoxy) is 7. The lowest BCUT2D eigenvalue weighted by Gasteiger charge is -2.43. The first-order valence-corrected chi connectivity index (χ1v) is 22.4. The Labute approximate surface area is 384 Å². The fourth-order valence-electron chi connectivity index (χ4n) is 7.22. The average molecular weight is 926 g/mol. The van der Waals surface area contributed by atoms with Crippen LogP contribution in [-0.2, 0) is 43.0 Å². The van der Waals surface area contributed by atoms with E-state index in [9.17, 15) is 22.8 Å². The Morgan fingerprint density at radius 1 is 0.803 bits per heavy atom. The number of aromatic nitrogens is 3. The van der Waals surface area contributed by atoms with Crippen LogP contribution in [0.25, 0.3) is 11.3 Å². The van der Waals surface area contributed by atoms with Crippen LogP contribution in [0.2, 0.25) is 0 Å². The Kier molecular flexibility index (Phi) is 21.1. The maximum atomic E-state index is 14.2. The van der Waals surface area contributed by atoms with Crippen LogP contribution in [0.1, 0.15) is 60.9 Å². The second kappa shape index (κ2) is 27.1. The lowest BCUT2D eigenvalue weighted by Crippen LogP contribution is -2.55. The van der Waals surface area contributed by atoms with E-state index in [1.165, 1.54) is 11.0 Å². The first-order valence-electron chi connectivity index (χ1n) is 22.4. The summed E-state index contributed by atoms with van der Waals surface area (Å²) in [5.74, 6) is -0.595. The zero-order chi connectivity index (χ0) is 47.2. The summed E-state index contributed by atoms with van der Waals surface area (Å²) in [4.78, 5) is 46.2. The molecule has 5 rings (SSSR count). The number of rotatable bonds is 27. The molecule has 0 bridgehead atoms. The summed E-state index contributed by atoms with van der Waals surface area (Å²) in [5.41, 5.74) is 6.83. The zero-order valence-corrected chi connectivity index (χ0v) is 38.0. The van der Waals surface area contributed by atoms with Crippen LogP contribution in [-0.4, -0.2) is 142 Å². The minimum Gasteiger partial charge on any atom is -0.478 e. The van der Waals surface area contributed by atoms with Gasteiger partial charge in [-0.15, -0.1) is 0 Å². The molecule has 1 aromatic carbocycles. The highest BCUT2D eigenvalue weighted by Crippen LogP contribution is 2.35. The number of piperazine rings is 1. The van der Waals surface area contributed by atoms with Gasteiger partial charge in [0, 0.05) is 57.6 Å². The molecule has 1 aliphatic rings. The van der Waals surface area contributed by atoms with Gasteiger partial charge in [0.1, 0.15) is 6.61 Å². The molecule has 1 aliphatic heterocycles. The highest BCUT2D eigenvalue weighted by atomic mass is 19.4. The average Bonchev–Trinajstić information content (AvgIpc) is 3.33. The van der Waals surface area contributed by atoms with E-state index in [2.05, 4.69) is 14.9 Å². The molecule has 0 aliphatic carbocycles. The van der Waals surface area contributed by atoms with Crippen molar-refractivity contribution in [3.8, 4) is 23.0 Å². The monoisotopic (exact) mass is 925 g/mol. The standard InChI is InChI=1S/C47H62F3N7O9/c1-4-36-32-55(45(58)38-15-18-42(64-5-2)54-43(38)47(48,49)50)22-23-57(36)41-17-16-39(37-14-10-20-52-44(37)65-6-3)53-40(41)33-56(46(59)66-34-35-12-8-7-9-13-35)21-11-24-60-26-28-62-30-31-63-29-27-61-25-19-51/h7-10,12-18,20,36H,4-6,11,19,21-34,51H2,1-3H3/t36-/m1/s1. The van der Waals surface area contributed by atoms with Gasteiger partial charge in [-0.25, -0.2) is 19.7 Å². The van der Waals surface area contributed by atoms with Gasteiger partial charge in [-0.1, -0.05) is 37.3 Å². The van der Waals surface area contributed by atoms with Gasteiger partial charge in [0.05, 0.1) is 94.2 Å². The van der Waals surface area contributed by atoms with Crippen LogP contribution in [0.3, 0.4) is 0 Å². The number of hydrogen-bond acceptors (Lipinski definition) is 14. The lowest BCUT2D eigenvalue weighted by molar-refractivity contribution is -0.141. The van der Waals surface area contributed by atoms with Crippen LogP contribution in [0.4, 0.5) is 23.7 Å². The summed E-state index contributed by atoms with van der Waals surface area (Å²) in [7, 11) is 0. The number of carbonyl (C=O) groups excluding carboxylic acids is 2. The topological polar surface area (TPSA) is 173 Å². The van der Waals surface area contributed by atoms with Crippen molar-refractivity contribution in [3.63, 3.8) is 0 Å². The molecule has 2 N–H and O–H groups in total. The Morgan fingerprint density at radius 3 is 2.17 bits per heavy atom. The Hall–Kier alpha value is -5.60. The van der Waals surface area contributed by atoms with Gasteiger partial charge in [0.2, 0.25) is 11.8 Å². The number of alkyl halides is 3. The first kappa shape index (κ1) is 51.4. The number of carbonyl (C=O) groups is 2. The molecule has 16 nitrogen and oxygen atoms in total. The van der Waals surface area contributed by atoms with Crippen LogP contribution in [0.15, 0.2) is 72.9 Å². The van der Waals surface area contributed by atoms with Gasteiger partial charge < -0.3 is 53.6 Å². The molecule has 0 unspecified atom stereocenters. The van der Waals surface area contributed by atoms with Gasteiger partial charge in [-0.05, 0) is 62.6 Å². The van der Waals surface area contributed by atoms with Gasteiger partial charge in [0.25, 0.3) is 5.91 Å². The van der Waals surface area contributed by atoms with E-state index < -0.39 is 29.4 Å². The molecule has 19 heteroatoms. The summed E-state index contributed by atoms with van der Waals surface area (Å²) in [5, 5.41) is 0. The number of nitrogens with two attached hydrogens (primary N) is 1. The summed E-state index contributed by atoms with van der Waals surface area (Å²) in [6.45, 7) is 10.6. The molecule has 1 saturated heterocycles. The highest BCUT2D eigenvalue weighted by molar-refractivity contribution is 5.95. The molecule has 0 radical (unpaired) electrons. The number of halogens is 3. The maximum absolute atomic E-state index is 14.2. The summed E-state index contributed by atoms with van der Waals surface area (Å²) in [6, 6.07) is 18.8. The second-order valence-corrected chi connectivity index (χ2v) is 15.0. The largest absolute Gasteiger partial charge is 0.478 e. The highest BCUT2D eigenvalue weighted by Gasteiger charge is 2.40. The van der Waals surface area contributed by atoms with Crippen molar-refractivity contribution in [1.82, 2.24) is 24.8 Å². The molecule has 2 amide bonds. The van der Waals surface area contributed by atoms with Gasteiger partial charge in [-0.2, -0.15) is 13.2 Å². The number of amides is 2. The number of anilines is 1. The third kappa shape index (κ3) is 15.5. The SMILES string of the molecule is CCOc1ccc(C(=O)N2CCN(c3ccc(-c4cccnc4OCC)nc3CN(CCCOCCOCCOCCOCCN)C(=O)OCc3ccccc3)[C@H](CC)C2)c(C(F)(F)F)n1. The summed E-state index contributed by atoms with van der Waals surface area (Å²) >= 11 is 0. The van der Waals surface area contributed by atoms with Crippen LogP contribution >= 0.6 is 0 Å². The third-order valence-corrected chi connectivity index (χ3v) is 10.4. The Balaban J connectivity index is 1.36. The number of hydrogen-bond donors (Lipinski definition) is 1. The smallest absolute Gasteiger partial charge is 0.434 e. The molecule has 1 atom stereocenters. The van der Waals surface area contributed by atoms with E-state index in [1.807, 2.05) is 62.4 Å². The molecular weight excluding hydrogens is 864 g/mol. The molecule has 4 heterocycles. The summed E-state index contributed by atoms with van der Waals surface area (Å²) in [6.07, 6.45) is -2.80. The van der Waals surface area contributed by atoms with Crippen molar-refractivity contribution in [2.75, 3.05) is 104 Å². The Morgan fingerprint density at radius 2 is 1.50 bits per heavy atom. The summed E-state index contributed by atoms with van der Waals surface area (Å²) < 4.78 is 81.9. The maximum Gasteiger partial charge on any atom is 0.434 e. The van der Waals surface area contributed by atoms with Crippen molar-refractivity contribution in [2.45, 2.75) is 59.0 Å². The van der Waals surface area contributed by atoms with Crippen molar-refractivity contribution >= 4 is 17.7 Å². The lowest BCUT2D eigenvalue weighted by atomic mass is 10.0. The predicted octanol–water partition coefficient (Wildman–Crippen LogP) is 6.65. The van der Waals surface area contributed by atoms with E-state index >= 15 is 0 Å². The fourth-order valence-corrected chi connectivity index (χ4v) is 7.22. The normalized spacial score (nSPS) is 14.0. The van der Waals surface area contributed by atoms with E-state index in [0.717, 1.165) is 11.6 Å². The molecular formula is C47H62F3N7O9. The molecule has 0 saturated carbocycles. The van der Waals surface area contributed by atoms with Crippen molar-refractivity contribution in [1.29, 1.82) is 0 Å². The van der Waals surface area contributed by atoms with Gasteiger partial charge >= 0.3 is 12.3 Å². The van der Waals surface area contributed by atoms with Crippen LogP contribution < -0.4 is 20.1 Å². The van der Waals surface area contributed by atoms with E-state index in [-0.39, 0.29) is 57.9 Å². The molecule has 1 fully saturated rings. The zero-order valence-electron chi connectivity index (χ0n) is 38.0. The number of pyridine rings is 3. The fraction of sp³-hybridized carbons (Fsp3) is 0.511. The first-order chi connectivity index (χ1) is 32.1. The van der Waals surface area contributed by atoms with Crippen LogP contribution in [0.5, 0.6) is 11.8 Å². The molecule has 66 heavy (non-hydrogen) atoms. The third-order valence-electron chi connectivity index (χ3n) is 10.4. The van der Waals surface area contributed by atoms with Crippen molar-refractivity contribution in [3.05, 3.63) is 95.4 Å². The minimum atomic E-state index is -4.88. The molecule has 360 valence electrons.